The highest BCUT2D eigenvalue weighted by Crippen LogP contribution is 2.27. The summed E-state index contributed by atoms with van der Waals surface area (Å²) in [6.45, 7) is 0. The van der Waals surface area contributed by atoms with E-state index in [-0.39, 0.29) is 5.95 Å². The van der Waals surface area contributed by atoms with Crippen molar-refractivity contribution < 1.29 is 18.0 Å². The average Bonchev–Trinajstić information content (AvgIpc) is 2.46. The minimum absolute atomic E-state index is 0.368. The third-order valence-corrected chi connectivity index (χ3v) is 2.27. The zero-order valence-electron chi connectivity index (χ0n) is 10.5. The Hall–Kier alpha value is -2.84. The number of benzene rings is 1. The van der Waals surface area contributed by atoms with E-state index in [0.29, 0.717) is 5.69 Å². The number of amides is 2. The number of aromatic nitrogens is 2. The van der Waals surface area contributed by atoms with Gasteiger partial charge < -0.3 is 5.32 Å². The summed E-state index contributed by atoms with van der Waals surface area (Å²) in [6, 6.07) is 8.59. The molecule has 2 aromatic rings. The van der Waals surface area contributed by atoms with E-state index in [1.165, 1.54) is 0 Å². The van der Waals surface area contributed by atoms with Crippen LogP contribution in [0.1, 0.15) is 5.69 Å². The number of anilines is 2. The second-order valence-corrected chi connectivity index (χ2v) is 3.83. The first kappa shape index (κ1) is 14.6. The molecule has 0 unspecified atom stereocenters. The van der Waals surface area contributed by atoms with Crippen molar-refractivity contribution in [3.05, 3.63) is 48.3 Å². The molecule has 2 rings (SSSR count). The van der Waals surface area contributed by atoms with Gasteiger partial charge in [-0.3, -0.25) is 5.43 Å². The van der Waals surface area contributed by atoms with Crippen LogP contribution in [0.5, 0.6) is 0 Å². The number of halogens is 3. The lowest BCUT2D eigenvalue weighted by atomic mass is 10.3. The molecule has 0 aliphatic carbocycles. The van der Waals surface area contributed by atoms with E-state index in [2.05, 4.69) is 26.1 Å². The van der Waals surface area contributed by atoms with Gasteiger partial charge in [0.25, 0.3) is 0 Å². The molecule has 0 aliphatic rings. The van der Waals surface area contributed by atoms with Crippen LogP contribution in [-0.2, 0) is 6.18 Å². The first-order valence-corrected chi connectivity index (χ1v) is 5.73. The highest BCUT2D eigenvalue weighted by Gasteiger charge is 2.32. The van der Waals surface area contributed by atoms with Gasteiger partial charge in [-0.15, -0.1) is 0 Å². The first-order valence-electron chi connectivity index (χ1n) is 5.73. The van der Waals surface area contributed by atoms with Gasteiger partial charge in [-0.2, -0.15) is 13.2 Å². The summed E-state index contributed by atoms with van der Waals surface area (Å²) in [7, 11) is 0. The molecule has 2 amide bonds. The Kier molecular flexibility index (Phi) is 4.21. The molecule has 0 spiro atoms. The van der Waals surface area contributed by atoms with Crippen LogP contribution in [0.2, 0.25) is 0 Å². The topological polar surface area (TPSA) is 78.9 Å². The molecule has 0 aliphatic heterocycles. The summed E-state index contributed by atoms with van der Waals surface area (Å²) in [5, 5.41) is 2.47. The summed E-state index contributed by atoms with van der Waals surface area (Å²) in [6.07, 6.45) is -3.64. The molecule has 3 N–H and O–H groups in total. The molecule has 110 valence electrons. The number of hydrazine groups is 1. The van der Waals surface area contributed by atoms with E-state index in [9.17, 15) is 18.0 Å². The van der Waals surface area contributed by atoms with Gasteiger partial charge in [0.05, 0.1) is 0 Å². The van der Waals surface area contributed by atoms with E-state index in [1.54, 1.807) is 30.3 Å². The fourth-order valence-electron chi connectivity index (χ4n) is 1.37. The molecule has 1 aromatic heterocycles. The van der Waals surface area contributed by atoms with E-state index in [0.717, 1.165) is 12.3 Å². The monoisotopic (exact) mass is 297 g/mol. The number of alkyl halides is 3. The van der Waals surface area contributed by atoms with Crippen LogP contribution in [0.3, 0.4) is 0 Å². The number of hydrogen-bond donors (Lipinski definition) is 3. The Morgan fingerprint density at radius 2 is 1.81 bits per heavy atom. The normalized spacial score (nSPS) is 10.8. The van der Waals surface area contributed by atoms with Crippen molar-refractivity contribution in [3.63, 3.8) is 0 Å². The van der Waals surface area contributed by atoms with Gasteiger partial charge in [-0.25, -0.2) is 20.2 Å². The highest BCUT2D eigenvalue weighted by atomic mass is 19.4. The van der Waals surface area contributed by atoms with Gasteiger partial charge in [-0.05, 0) is 18.2 Å². The first-order chi connectivity index (χ1) is 9.95. The molecular formula is C12H10F3N5O. The average molecular weight is 297 g/mol. The van der Waals surface area contributed by atoms with Crippen LogP contribution >= 0.6 is 0 Å². The predicted molar refractivity (Wildman–Crippen MR) is 69.3 cm³/mol. The Morgan fingerprint density at radius 3 is 2.48 bits per heavy atom. The maximum absolute atomic E-state index is 12.4. The zero-order chi connectivity index (χ0) is 15.3. The van der Waals surface area contributed by atoms with Gasteiger partial charge >= 0.3 is 12.2 Å². The largest absolute Gasteiger partial charge is 0.433 e. The molecule has 0 atom stereocenters. The van der Waals surface area contributed by atoms with Crippen LogP contribution in [0.15, 0.2) is 42.6 Å². The molecule has 9 heteroatoms. The summed E-state index contributed by atoms with van der Waals surface area (Å²) in [4.78, 5) is 18.3. The lowest BCUT2D eigenvalue weighted by molar-refractivity contribution is -0.141. The molecule has 21 heavy (non-hydrogen) atoms. The molecule has 6 nitrogen and oxygen atoms in total. The van der Waals surface area contributed by atoms with Crippen molar-refractivity contribution in [2.45, 2.75) is 6.18 Å². The summed E-state index contributed by atoms with van der Waals surface area (Å²) in [5.74, 6) is -0.368. The van der Waals surface area contributed by atoms with Crippen molar-refractivity contribution in [2.75, 3.05) is 10.7 Å². The van der Waals surface area contributed by atoms with Gasteiger partial charge in [0.1, 0.15) is 5.69 Å². The zero-order valence-corrected chi connectivity index (χ0v) is 10.5. The van der Waals surface area contributed by atoms with Gasteiger partial charge in [-0.1, -0.05) is 18.2 Å². The number of carbonyl (C=O) groups excluding carboxylic acids is 1. The van der Waals surface area contributed by atoms with E-state index < -0.39 is 17.9 Å². The van der Waals surface area contributed by atoms with Crippen LogP contribution in [0.25, 0.3) is 0 Å². The Morgan fingerprint density at radius 1 is 1.10 bits per heavy atom. The summed E-state index contributed by atoms with van der Waals surface area (Å²) >= 11 is 0. The number of hydrogen-bond acceptors (Lipinski definition) is 4. The van der Waals surface area contributed by atoms with Crippen molar-refractivity contribution in [1.29, 1.82) is 0 Å². The van der Waals surface area contributed by atoms with Crippen molar-refractivity contribution >= 4 is 17.7 Å². The van der Waals surface area contributed by atoms with Crippen molar-refractivity contribution in [2.24, 2.45) is 0 Å². The van der Waals surface area contributed by atoms with Crippen LogP contribution < -0.4 is 16.2 Å². The highest BCUT2D eigenvalue weighted by molar-refractivity contribution is 5.89. The fourth-order valence-corrected chi connectivity index (χ4v) is 1.37. The number of para-hydroxylation sites is 1. The maximum atomic E-state index is 12.4. The number of carbonyl (C=O) groups is 1. The molecule has 0 bridgehead atoms. The van der Waals surface area contributed by atoms with E-state index in [4.69, 9.17) is 0 Å². The lowest BCUT2D eigenvalue weighted by Gasteiger charge is -2.10. The van der Waals surface area contributed by atoms with Gasteiger partial charge in [0.2, 0.25) is 5.95 Å². The Balaban J connectivity index is 1.92. The minimum Gasteiger partial charge on any atom is -0.307 e. The van der Waals surface area contributed by atoms with Crippen LogP contribution in [0, 0.1) is 0 Å². The van der Waals surface area contributed by atoms with Crippen molar-refractivity contribution in [3.8, 4) is 0 Å². The fraction of sp³-hybridized carbons (Fsp3) is 0.0833. The third kappa shape index (κ3) is 4.34. The molecule has 1 heterocycles. The van der Waals surface area contributed by atoms with Crippen molar-refractivity contribution in [1.82, 2.24) is 15.4 Å². The molecule has 0 radical (unpaired) electrons. The number of rotatable bonds is 3. The van der Waals surface area contributed by atoms with Crippen LogP contribution in [0.4, 0.5) is 29.6 Å². The summed E-state index contributed by atoms with van der Waals surface area (Å²) < 4.78 is 37.3. The second kappa shape index (κ2) is 6.07. The Bertz CT molecular complexity index is 618. The van der Waals surface area contributed by atoms with Crippen LogP contribution in [-0.4, -0.2) is 16.0 Å². The molecule has 0 saturated carbocycles. The van der Waals surface area contributed by atoms with Gasteiger partial charge in [0, 0.05) is 11.9 Å². The third-order valence-electron chi connectivity index (χ3n) is 2.27. The number of nitrogens with zero attached hydrogens (tertiary/aromatic N) is 2. The molecule has 0 saturated heterocycles. The smallest absolute Gasteiger partial charge is 0.307 e. The van der Waals surface area contributed by atoms with E-state index in [1.807, 2.05) is 0 Å². The molecule has 0 fully saturated rings. The maximum Gasteiger partial charge on any atom is 0.433 e. The molecule has 1 aromatic carbocycles. The quantitative estimate of drug-likeness (QED) is 0.761. The SMILES string of the molecule is O=C(NNc1nccc(C(F)(F)F)n1)Nc1ccccc1. The Labute approximate surface area is 117 Å². The standard InChI is InChI=1S/C12H10F3N5O/c13-12(14,15)9-6-7-16-10(18-9)19-20-11(21)17-8-4-2-1-3-5-8/h1-7H,(H,16,18,19)(H2,17,20,21). The van der Waals surface area contributed by atoms with Gasteiger partial charge in [0.15, 0.2) is 0 Å². The van der Waals surface area contributed by atoms with E-state index >= 15 is 0 Å². The lowest BCUT2D eigenvalue weighted by Crippen LogP contribution is -2.34. The minimum atomic E-state index is -4.58. The summed E-state index contributed by atoms with van der Waals surface area (Å²) in [5.41, 5.74) is 3.75. The second-order valence-electron chi connectivity index (χ2n) is 3.83. The number of nitrogens with one attached hydrogen (secondary N) is 3. The number of urea groups is 1. The molecular weight excluding hydrogens is 287 g/mol. The predicted octanol–water partition coefficient (Wildman–Crippen LogP) is 2.64.